The molecule has 1 aromatic rings. The third-order valence-corrected chi connectivity index (χ3v) is 4.97. The van der Waals surface area contributed by atoms with Gasteiger partial charge >= 0.3 is 7.12 Å². The Kier molecular flexibility index (Phi) is 3.41. The third kappa shape index (κ3) is 2.29. The van der Waals surface area contributed by atoms with Crippen LogP contribution in [0.15, 0.2) is 18.2 Å². The molecule has 2 aliphatic heterocycles. The van der Waals surface area contributed by atoms with E-state index in [0.29, 0.717) is 5.92 Å². The van der Waals surface area contributed by atoms with Crippen LogP contribution in [0, 0.1) is 0 Å². The van der Waals surface area contributed by atoms with Crippen molar-refractivity contribution in [3.05, 3.63) is 28.8 Å². The largest absolute Gasteiger partial charge is 0.494 e. The van der Waals surface area contributed by atoms with E-state index in [1.165, 1.54) is 0 Å². The van der Waals surface area contributed by atoms with Crippen LogP contribution in [-0.4, -0.2) is 31.5 Å². The van der Waals surface area contributed by atoms with E-state index in [-0.39, 0.29) is 18.3 Å². The van der Waals surface area contributed by atoms with Crippen LogP contribution in [0.25, 0.3) is 0 Å². The fraction of sp³-hybridized carbons (Fsp3) is 0.600. The van der Waals surface area contributed by atoms with Gasteiger partial charge in [0.2, 0.25) is 0 Å². The second-order valence-electron chi connectivity index (χ2n) is 6.60. The highest BCUT2D eigenvalue weighted by atomic mass is 35.5. The third-order valence-electron chi connectivity index (χ3n) is 4.62. The Morgan fingerprint density at radius 1 is 1.10 bits per heavy atom. The molecule has 5 heteroatoms. The first-order valence-corrected chi connectivity index (χ1v) is 7.41. The van der Waals surface area contributed by atoms with Crippen LogP contribution in [0.5, 0.6) is 0 Å². The zero-order valence-electron chi connectivity index (χ0n) is 12.4. The number of halogens is 1. The molecule has 108 valence electrons. The van der Waals surface area contributed by atoms with Gasteiger partial charge in [-0.15, -0.1) is 0 Å². The Bertz CT molecular complexity index is 510. The lowest BCUT2D eigenvalue weighted by atomic mass is 9.77. The zero-order valence-corrected chi connectivity index (χ0v) is 13.2. The molecule has 2 saturated heterocycles. The maximum Gasteiger partial charge on any atom is 0.494 e. The van der Waals surface area contributed by atoms with Crippen LogP contribution in [0.3, 0.4) is 0 Å². The standard InChI is InChI=1S/C15H20BClO3/c1-14(2)15(3,4)20-16(19-14)11-5-6-13(17)12(7-11)10-8-18-9-10/h5-7,10H,8-9H2,1-4H3. The first-order valence-electron chi connectivity index (χ1n) is 7.03. The SMILES string of the molecule is CC1(C)OB(c2ccc(Cl)c(C3COC3)c2)OC1(C)C. The Labute approximate surface area is 125 Å². The average molecular weight is 295 g/mol. The molecule has 0 radical (unpaired) electrons. The average Bonchev–Trinajstić information content (AvgIpc) is 2.49. The number of hydrogen-bond donors (Lipinski definition) is 0. The predicted octanol–water partition coefficient (Wildman–Crippen LogP) is 2.75. The molecule has 0 aliphatic carbocycles. The first kappa shape index (κ1) is 14.4. The summed E-state index contributed by atoms with van der Waals surface area (Å²) in [6.45, 7) is 9.72. The van der Waals surface area contributed by atoms with Gasteiger partial charge in [0.1, 0.15) is 0 Å². The molecule has 0 atom stereocenters. The molecule has 0 saturated carbocycles. The summed E-state index contributed by atoms with van der Waals surface area (Å²) in [6, 6.07) is 6.00. The minimum absolute atomic E-state index is 0.322. The minimum Gasteiger partial charge on any atom is -0.399 e. The van der Waals surface area contributed by atoms with E-state index in [2.05, 4.69) is 33.8 Å². The van der Waals surface area contributed by atoms with Crippen molar-refractivity contribution in [1.29, 1.82) is 0 Å². The van der Waals surface area contributed by atoms with Gasteiger partial charge in [0, 0.05) is 10.9 Å². The van der Waals surface area contributed by atoms with Crippen molar-refractivity contribution in [3.8, 4) is 0 Å². The van der Waals surface area contributed by atoms with Gasteiger partial charge in [0.25, 0.3) is 0 Å². The van der Waals surface area contributed by atoms with Crippen molar-refractivity contribution in [1.82, 2.24) is 0 Å². The second kappa shape index (κ2) is 4.74. The van der Waals surface area contributed by atoms with Gasteiger partial charge in [-0.3, -0.25) is 0 Å². The summed E-state index contributed by atoms with van der Waals surface area (Å²) in [5.41, 5.74) is 1.51. The Morgan fingerprint density at radius 3 is 2.20 bits per heavy atom. The van der Waals surface area contributed by atoms with E-state index in [1.807, 2.05) is 12.1 Å². The van der Waals surface area contributed by atoms with E-state index in [9.17, 15) is 0 Å². The van der Waals surface area contributed by atoms with E-state index in [4.69, 9.17) is 25.6 Å². The lowest BCUT2D eigenvalue weighted by molar-refractivity contribution is 0.00578. The van der Waals surface area contributed by atoms with Gasteiger partial charge in [0.15, 0.2) is 0 Å². The molecule has 3 rings (SSSR count). The van der Waals surface area contributed by atoms with Crippen molar-refractivity contribution >= 4 is 24.2 Å². The van der Waals surface area contributed by atoms with Gasteiger partial charge < -0.3 is 14.0 Å². The fourth-order valence-electron chi connectivity index (χ4n) is 2.42. The highest BCUT2D eigenvalue weighted by Gasteiger charge is 2.51. The lowest BCUT2D eigenvalue weighted by Crippen LogP contribution is -2.41. The van der Waals surface area contributed by atoms with Gasteiger partial charge in [-0.25, -0.2) is 0 Å². The summed E-state index contributed by atoms with van der Waals surface area (Å²) in [6.07, 6.45) is 0. The van der Waals surface area contributed by atoms with Crippen molar-refractivity contribution < 1.29 is 14.0 Å². The van der Waals surface area contributed by atoms with Gasteiger partial charge in [-0.05, 0) is 44.8 Å². The summed E-state index contributed by atoms with van der Waals surface area (Å²) in [5.74, 6) is 0.393. The molecule has 3 nitrogen and oxygen atoms in total. The Morgan fingerprint density at radius 2 is 1.70 bits per heavy atom. The molecule has 0 N–H and O–H groups in total. The van der Waals surface area contributed by atoms with Crippen LogP contribution in [-0.2, 0) is 14.0 Å². The van der Waals surface area contributed by atoms with E-state index in [0.717, 1.165) is 29.3 Å². The first-order chi connectivity index (χ1) is 9.30. The van der Waals surface area contributed by atoms with Crippen LogP contribution >= 0.6 is 11.6 Å². The van der Waals surface area contributed by atoms with Gasteiger partial charge in [0.05, 0.1) is 24.4 Å². The van der Waals surface area contributed by atoms with Gasteiger partial charge in [-0.1, -0.05) is 23.7 Å². The Hall–Kier alpha value is -0.545. The normalized spacial score (nSPS) is 24.8. The number of benzene rings is 1. The molecule has 2 heterocycles. The van der Waals surface area contributed by atoms with Crippen molar-refractivity contribution in [2.24, 2.45) is 0 Å². The van der Waals surface area contributed by atoms with Crippen LogP contribution in [0.1, 0.15) is 39.2 Å². The molecular weight excluding hydrogens is 274 g/mol. The van der Waals surface area contributed by atoms with Crippen LogP contribution in [0.2, 0.25) is 5.02 Å². The van der Waals surface area contributed by atoms with E-state index >= 15 is 0 Å². The van der Waals surface area contributed by atoms with Crippen molar-refractivity contribution in [2.45, 2.75) is 44.8 Å². The van der Waals surface area contributed by atoms with Gasteiger partial charge in [-0.2, -0.15) is 0 Å². The molecule has 1 aromatic carbocycles. The second-order valence-corrected chi connectivity index (χ2v) is 7.01. The molecule has 0 amide bonds. The van der Waals surface area contributed by atoms with Crippen LogP contribution in [0.4, 0.5) is 0 Å². The van der Waals surface area contributed by atoms with E-state index < -0.39 is 0 Å². The predicted molar refractivity (Wildman–Crippen MR) is 80.7 cm³/mol. The number of hydrogen-bond acceptors (Lipinski definition) is 3. The monoisotopic (exact) mass is 294 g/mol. The molecule has 20 heavy (non-hydrogen) atoms. The van der Waals surface area contributed by atoms with Crippen molar-refractivity contribution in [2.75, 3.05) is 13.2 Å². The summed E-state index contributed by atoms with van der Waals surface area (Å²) in [7, 11) is -0.336. The Balaban J connectivity index is 1.88. The van der Waals surface area contributed by atoms with Crippen molar-refractivity contribution in [3.63, 3.8) is 0 Å². The maximum absolute atomic E-state index is 6.29. The molecule has 2 fully saturated rings. The number of ether oxygens (including phenoxy) is 1. The molecule has 2 aliphatic rings. The topological polar surface area (TPSA) is 27.7 Å². The highest BCUT2D eigenvalue weighted by Crippen LogP contribution is 2.37. The quantitative estimate of drug-likeness (QED) is 0.785. The lowest BCUT2D eigenvalue weighted by Gasteiger charge is -2.32. The van der Waals surface area contributed by atoms with Crippen LogP contribution < -0.4 is 5.46 Å². The summed E-state index contributed by atoms with van der Waals surface area (Å²) in [4.78, 5) is 0. The summed E-state index contributed by atoms with van der Waals surface area (Å²) >= 11 is 6.29. The molecule has 0 spiro atoms. The smallest absolute Gasteiger partial charge is 0.399 e. The molecule has 0 unspecified atom stereocenters. The minimum atomic E-state index is -0.336. The fourth-order valence-corrected chi connectivity index (χ4v) is 2.69. The summed E-state index contributed by atoms with van der Waals surface area (Å²) in [5, 5.41) is 0.790. The molecular formula is C15H20BClO3. The summed E-state index contributed by atoms with van der Waals surface area (Å²) < 4.78 is 17.4. The molecule has 0 aromatic heterocycles. The number of rotatable bonds is 2. The van der Waals surface area contributed by atoms with E-state index in [1.54, 1.807) is 0 Å². The molecule has 0 bridgehead atoms. The maximum atomic E-state index is 6.29. The zero-order chi connectivity index (χ0) is 14.5. The highest BCUT2D eigenvalue weighted by molar-refractivity contribution is 6.62.